The molecule has 2 aromatic rings. The molecule has 4 heteroatoms. The summed E-state index contributed by atoms with van der Waals surface area (Å²) in [7, 11) is 1.67. The third kappa shape index (κ3) is 3.28. The van der Waals surface area contributed by atoms with Crippen molar-refractivity contribution in [2.45, 2.75) is 16.3 Å². The Kier molecular flexibility index (Phi) is 4.69. The Morgan fingerprint density at radius 2 is 1.78 bits per heavy atom. The van der Waals surface area contributed by atoms with Crippen LogP contribution in [0.3, 0.4) is 0 Å². The van der Waals surface area contributed by atoms with Crippen molar-refractivity contribution in [3.05, 3.63) is 52.5 Å². The summed E-state index contributed by atoms with van der Waals surface area (Å²) in [4.78, 5) is 2.37. The summed E-state index contributed by atoms with van der Waals surface area (Å²) in [5, 5.41) is 0. The highest BCUT2D eigenvalue weighted by molar-refractivity contribution is 9.10. The van der Waals surface area contributed by atoms with Gasteiger partial charge < -0.3 is 10.5 Å². The number of benzene rings is 2. The molecule has 0 aromatic heterocycles. The molecule has 2 aromatic carbocycles. The molecular formula is C14H14BrNOS. The quantitative estimate of drug-likeness (QED) is 0.921. The minimum Gasteiger partial charge on any atom is -0.497 e. The van der Waals surface area contributed by atoms with Gasteiger partial charge in [-0.3, -0.25) is 0 Å². The zero-order valence-corrected chi connectivity index (χ0v) is 12.4. The summed E-state index contributed by atoms with van der Waals surface area (Å²) < 4.78 is 6.20. The first-order valence-corrected chi connectivity index (χ1v) is 7.14. The van der Waals surface area contributed by atoms with Crippen molar-refractivity contribution < 1.29 is 4.74 Å². The van der Waals surface area contributed by atoms with Gasteiger partial charge in [-0.15, -0.1) is 0 Å². The Bertz CT molecular complexity index is 528. The summed E-state index contributed by atoms with van der Waals surface area (Å²) in [6.45, 7) is 0.550. The lowest BCUT2D eigenvalue weighted by atomic mass is 10.2. The van der Waals surface area contributed by atoms with E-state index >= 15 is 0 Å². The van der Waals surface area contributed by atoms with Crippen LogP contribution in [0.25, 0.3) is 0 Å². The molecule has 0 heterocycles. The van der Waals surface area contributed by atoms with Crippen molar-refractivity contribution in [2.75, 3.05) is 7.11 Å². The van der Waals surface area contributed by atoms with Gasteiger partial charge in [0, 0.05) is 20.8 Å². The molecule has 0 aliphatic heterocycles. The van der Waals surface area contributed by atoms with Gasteiger partial charge in [0.1, 0.15) is 5.75 Å². The van der Waals surface area contributed by atoms with Crippen molar-refractivity contribution in [2.24, 2.45) is 5.73 Å². The Balaban J connectivity index is 2.15. The van der Waals surface area contributed by atoms with Crippen LogP contribution in [-0.4, -0.2) is 7.11 Å². The van der Waals surface area contributed by atoms with E-state index in [-0.39, 0.29) is 0 Å². The molecule has 0 saturated heterocycles. The van der Waals surface area contributed by atoms with Gasteiger partial charge in [-0.2, -0.15) is 0 Å². The molecule has 0 amide bonds. The molecule has 2 rings (SSSR count). The van der Waals surface area contributed by atoms with E-state index in [1.807, 2.05) is 24.3 Å². The van der Waals surface area contributed by atoms with E-state index in [1.165, 1.54) is 9.79 Å². The molecule has 2 N–H and O–H groups in total. The first-order valence-electron chi connectivity index (χ1n) is 5.53. The number of methoxy groups -OCH3 is 1. The number of rotatable bonds is 4. The lowest BCUT2D eigenvalue weighted by Crippen LogP contribution is -1.96. The van der Waals surface area contributed by atoms with Gasteiger partial charge in [-0.1, -0.05) is 33.8 Å². The fourth-order valence-corrected chi connectivity index (χ4v) is 3.09. The lowest BCUT2D eigenvalue weighted by molar-refractivity contribution is 0.414. The van der Waals surface area contributed by atoms with Gasteiger partial charge in [0.05, 0.1) is 7.11 Å². The minimum atomic E-state index is 0.550. The summed E-state index contributed by atoms with van der Waals surface area (Å²) >= 11 is 5.24. The number of halogens is 1. The second-order valence-corrected chi connectivity index (χ2v) is 5.74. The monoisotopic (exact) mass is 323 g/mol. The summed E-state index contributed by atoms with van der Waals surface area (Å²) in [5.74, 6) is 0.874. The zero-order chi connectivity index (χ0) is 13.0. The molecule has 0 fully saturated rings. The van der Waals surface area contributed by atoms with Gasteiger partial charge in [-0.05, 0) is 42.0 Å². The highest BCUT2D eigenvalue weighted by atomic mass is 79.9. The van der Waals surface area contributed by atoms with Gasteiger partial charge in [-0.25, -0.2) is 0 Å². The fourth-order valence-electron chi connectivity index (χ4n) is 1.54. The van der Waals surface area contributed by atoms with Gasteiger partial charge in [0.15, 0.2) is 0 Å². The van der Waals surface area contributed by atoms with Gasteiger partial charge >= 0.3 is 0 Å². The Labute approximate surface area is 120 Å². The average Bonchev–Trinajstić information content (AvgIpc) is 2.40. The molecule has 2 nitrogen and oxygen atoms in total. The molecule has 0 atom stereocenters. The third-order valence-electron chi connectivity index (χ3n) is 2.54. The number of hydrogen-bond acceptors (Lipinski definition) is 3. The molecule has 0 saturated carbocycles. The van der Waals surface area contributed by atoms with Crippen LogP contribution in [0.1, 0.15) is 5.56 Å². The van der Waals surface area contributed by atoms with Crippen LogP contribution in [0.4, 0.5) is 0 Å². The second kappa shape index (κ2) is 6.27. The highest BCUT2D eigenvalue weighted by Gasteiger charge is 2.02. The van der Waals surface area contributed by atoms with E-state index < -0.39 is 0 Å². The van der Waals surface area contributed by atoms with Crippen molar-refractivity contribution in [1.29, 1.82) is 0 Å². The van der Waals surface area contributed by atoms with Gasteiger partial charge in [0.2, 0.25) is 0 Å². The maximum atomic E-state index is 5.63. The number of ether oxygens (including phenoxy) is 1. The van der Waals surface area contributed by atoms with E-state index in [0.717, 1.165) is 15.8 Å². The second-order valence-electron chi connectivity index (χ2n) is 3.73. The summed E-state index contributed by atoms with van der Waals surface area (Å²) in [5.41, 5.74) is 6.75. The van der Waals surface area contributed by atoms with Crippen LogP contribution >= 0.6 is 27.7 Å². The summed E-state index contributed by atoms with van der Waals surface area (Å²) in [6, 6.07) is 14.3. The molecule has 0 bridgehead atoms. The molecular weight excluding hydrogens is 310 g/mol. The molecule has 0 radical (unpaired) electrons. The minimum absolute atomic E-state index is 0.550. The Morgan fingerprint density at radius 1 is 1.11 bits per heavy atom. The smallest absolute Gasteiger partial charge is 0.118 e. The maximum absolute atomic E-state index is 5.63. The highest BCUT2D eigenvalue weighted by Crippen LogP contribution is 2.31. The van der Waals surface area contributed by atoms with Crippen LogP contribution in [0.2, 0.25) is 0 Å². The fraction of sp³-hybridized carbons (Fsp3) is 0.143. The van der Waals surface area contributed by atoms with Crippen LogP contribution in [-0.2, 0) is 6.54 Å². The van der Waals surface area contributed by atoms with Crippen molar-refractivity contribution >= 4 is 27.7 Å². The average molecular weight is 324 g/mol. The molecule has 0 spiro atoms. The normalized spacial score (nSPS) is 10.4. The van der Waals surface area contributed by atoms with Crippen LogP contribution in [0.15, 0.2) is 56.7 Å². The standard InChI is InChI=1S/C14H14BrNOS/c1-17-11-3-6-12(7-4-11)18-13-5-2-10(9-16)14(15)8-13/h2-8H,9,16H2,1H3. The molecule has 18 heavy (non-hydrogen) atoms. The molecule has 0 aliphatic carbocycles. The number of nitrogens with two attached hydrogens (primary N) is 1. The Hall–Kier alpha value is -0.970. The zero-order valence-electron chi connectivity index (χ0n) is 10.0. The first-order chi connectivity index (χ1) is 8.72. The first kappa shape index (κ1) is 13.5. The molecule has 0 aliphatic rings. The number of hydrogen-bond donors (Lipinski definition) is 1. The van der Waals surface area contributed by atoms with E-state index in [9.17, 15) is 0 Å². The molecule has 0 unspecified atom stereocenters. The van der Waals surface area contributed by atoms with Crippen molar-refractivity contribution in [3.8, 4) is 5.75 Å². The predicted octanol–water partition coefficient (Wildman–Crippen LogP) is 4.07. The van der Waals surface area contributed by atoms with Crippen LogP contribution < -0.4 is 10.5 Å². The third-order valence-corrected chi connectivity index (χ3v) is 4.28. The van der Waals surface area contributed by atoms with Gasteiger partial charge in [0.25, 0.3) is 0 Å². The van der Waals surface area contributed by atoms with E-state index in [0.29, 0.717) is 6.54 Å². The van der Waals surface area contributed by atoms with E-state index in [4.69, 9.17) is 10.5 Å². The SMILES string of the molecule is COc1ccc(Sc2ccc(CN)c(Br)c2)cc1. The van der Waals surface area contributed by atoms with Crippen LogP contribution in [0.5, 0.6) is 5.75 Å². The van der Waals surface area contributed by atoms with Crippen molar-refractivity contribution in [3.63, 3.8) is 0 Å². The van der Waals surface area contributed by atoms with E-state index in [1.54, 1.807) is 18.9 Å². The van der Waals surface area contributed by atoms with E-state index in [2.05, 4.69) is 34.1 Å². The topological polar surface area (TPSA) is 35.2 Å². The predicted molar refractivity (Wildman–Crippen MR) is 79.2 cm³/mol. The summed E-state index contributed by atoms with van der Waals surface area (Å²) in [6.07, 6.45) is 0. The lowest BCUT2D eigenvalue weighted by Gasteiger charge is -2.06. The maximum Gasteiger partial charge on any atom is 0.118 e. The van der Waals surface area contributed by atoms with Crippen LogP contribution in [0, 0.1) is 0 Å². The van der Waals surface area contributed by atoms with Crippen molar-refractivity contribution in [1.82, 2.24) is 0 Å². The largest absolute Gasteiger partial charge is 0.497 e. The Morgan fingerprint density at radius 3 is 2.33 bits per heavy atom. The molecule has 94 valence electrons.